The number of likely N-dealkylation sites (tertiary alicyclic amines) is 1. The number of methoxy groups -OCH3 is 1. The third-order valence-corrected chi connectivity index (χ3v) is 11.1. The van der Waals surface area contributed by atoms with Crippen molar-refractivity contribution in [2.24, 2.45) is 17.8 Å². The molecular formula is C38H35IN2O6S. The molecule has 0 bridgehead atoms. The molecule has 1 N–H and O–H groups in total. The normalized spacial score (nSPS) is 22.2. The van der Waals surface area contributed by atoms with Crippen LogP contribution in [0, 0.1) is 21.3 Å². The average Bonchev–Trinajstić information content (AvgIpc) is 3.84. The molecule has 0 radical (unpaired) electrons. The van der Waals surface area contributed by atoms with E-state index < -0.39 is 11.8 Å². The number of nitrogens with zero attached hydrogens (tertiary/aromatic N) is 2. The number of phenolic OH excluding ortho intramolecular Hbond substituents is 1. The smallest absolute Gasteiger partial charge is 0.234 e. The SMILES string of the molecule is COc1cc(/C=C(/CC[C@H]2OC[C@H]3C2=C(COc2ccccc2)C[C@H]2C(=O)N(Cc4cccs4)C(=O)[C@H]23)c2ccccn2)cc(I)c1O. The molecule has 4 heterocycles. The van der Waals surface area contributed by atoms with Crippen LogP contribution in [0.4, 0.5) is 0 Å². The lowest BCUT2D eigenvalue weighted by atomic mass is 9.69. The van der Waals surface area contributed by atoms with Crippen LogP contribution < -0.4 is 9.47 Å². The van der Waals surface area contributed by atoms with Crippen molar-refractivity contribution in [1.82, 2.24) is 9.88 Å². The fourth-order valence-corrected chi connectivity index (χ4v) is 8.54. The van der Waals surface area contributed by atoms with E-state index in [0.29, 0.717) is 48.3 Å². The van der Waals surface area contributed by atoms with Crippen molar-refractivity contribution in [2.45, 2.75) is 31.9 Å². The van der Waals surface area contributed by atoms with E-state index in [1.54, 1.807) is 17.5 Å². The first-order valence-electron chi connectivity index (χ1n) is 16.0. The number of allylic oxidation sites excluding steroid dienone is 1. The Morgan fingerprint density at radius 3 is 2.67 bits per heavy atom. The molecule has 8 nitrogen and oxygen atoms in total. The number of benzene rings is 2. The monoisotopic (exact) mass is 774 g/mol. The van der Waals surface area contributed by atoms with Gasteiger partial charge in [0.05, 0.1) is 47.5 Å². The first-order valence-corrected chi connectivity index (χ1v) is 17.9. The minimum absolute atomic E-state index is 0.0990. The molecule has 2 amide bonds. The van der Waals surface area contributed by atoms with Crippen molar-refractivity contribution in [3.63, 3.8) is 0 Å². The zero-order chi connectivity index (χ0) is 33.2. The van der Waals surface area contributed by atoms with Crippen molar-refractivity contribution < 1.29 is 28.9 Å². The van der Waals surface area contributed by atoms with Gasteiger partial charge in [0.25, 0.3) is 0 Å². The van der Waals surface area contributed by atoms with E-state index in [9.17, 15) is 14.7 Å². The molecule has 0 saturated carbocycles. The highest BCUT2D eigenvalue weighted by Gasteiger charge is 2.57. The second-order valence-electron chi connectivity index (χ2n) is 12.2. The van der Waals surface area contributed by atoms with Gasteiger partial charge in [0.2, 0.25) is 11.8 Å². The van der Waals surface area contributed by atoms with E-state index >= 15 is 0 Å². The van der Waals surface area contributed by atoms with Gasteiger partial charge in [0.1, 0.15) is 12.4 Å². The number of amides is 2. The van der Waals surface area contributed by atoms with Gasteiger partial charge in [-0.3, -0.25) is 19.5 Å². The van der Waals surface area contributed by atoms with Crippen LogP contribution in [0.25, 0.3) is 11.6 Å². The highest BCUT2D eigenvalue weighted by Crippen LogP contribution is 2.50. The fourth-order valence-electron chi connectivity index (χ4n) is 7.22. The van der Waals surface area contributed by atoms with Crippen LogP contribution in [0.1, 0.15) is 35.4 Å². The third-order valence-electron chi connectivity index (χ3n) is 9.43. The topological polar surface area (TPSA) is 98.2 Å². The Morgan fingerprint density at radius 2 is 1.92 bits per heavy atom. The number of rotatable bonds is 11. The second-order valence-corrected chi connectivity index (χ2v) is 14.4. The number of hydrogen-bond acceptors (Lipinski definition) is 8. The number of carbonyl (C=O) groups is 2. The highest BCUT2D eigenvalue weighted by molar-refractivity contribution is 14.1. The Balaban J connectivity index is 1.19. The van der Waals surface area contributed by atoms with E-state index in [2.05, 4.69) is 33.7 Å². The van der Waals surface area contributed by atoms with E-state index in [1.165, 1.54) is 12.0 Å². The Morgan fingerprint density at radius 1 is 1.08 bits per heavy atom. The van der Waals surface area contributed by atoms with E-state index in [-0.39, 0.29) is 29.6 Å². The third kappa shape index (κ3) is 6.53. The zero-order valence-corrected chi connectivity index (χ0v) is 29.4. The Hall–Kier alpha value is -4.00. The molecule has 246 valence electrons. The number of aromatic hydroxyl groups is 1. The summed E-state index contributed by atoms with van der Waals surface area (Å²) in [6, 6.07) is 23.2. The summed E-state index contributed by atoms with van der Waals surface area (Å²) in [6.45, 7) is 1.03. The van der Waals surface area contributed by atoms with Crippen molar-refractivity contribution in [1.29, 1.82) is 0 Å². The number of carbonyl (C=O) groups excluding carboxylic acids is 2. The van der Waals surface area contributed by atoms with Crippen LogP contribution in [-0.2, 0) is 20.9 Å². The number of aromatic nitrogens is 1. The zero-order valence-electron chi connectivity index (χ0n) is 26.4. The standard InChI is InChI=1S/C38H35IN2O6S/c1-45-33-18-23(17-30(39)36(33)42)16-24(31-11-5-6-14-40-31)12-13-32-34-25(21-46-26-8-3-2-4-9-26)19-28-35(29(34)22-47-32)38(44)41(37(28)43)20-27-10-7-15-48-27/h2-11,14-18,28-29,32,35,42H,12-13,19-22H2,1H3/b24-16-/t28-,29+,32-,35-/m1/s1. The van der Waals surface area contributed by atoms with Crippen LogP contribution in [0.15, 0.2) is 95.5 Å². The van der Waals surface area contributed by atoms with Crippen molar-refractivity contribution in [2.75, 3.05) is 20.3 Å². The number of imide groups is 1. The number of para-hydroxylation sites is 1. The fraction of sp³-hybridized carbons (Fsp3) is 0.289. The average molecular weight is 775 g/mol. The largest absolute Gasteiger partial charge is 0.504 e. The lowest BCUT2D eigenvalue weighted by Crippen LogP contribution is -2.35. The Labute approximate surface area is 297 Å². The number of fused-ring (bicyclic) bond motifs is 3. The number of pyridine rings is 1. The molecule has 2 aromatic carbocycles. The van der Waals surface area contributed by atoms with Crippen molar-refractivity contribution in [3.05, 3.63) is 115 Å². The maximum Gasteiger partial charge on any atom is 0.234 e. The van der Waals surface area contributed by atoms with Crippen molar-refractivity contribution in [3.8, 4) is 17.2 Å². The molecular weight excluding hydrogens is 739 g/mol. The van der Waals surface area contributed by atoms with Gasteiger partial charge in [0.15, 0.2) is 11.5 Å². The number of halogens is 1. The predicted molar refractivity (Wildman–Crippen MR) is 192 cm³/mol. The molecule has 2 fully saturated rings. The van der Waals surface area contributed by atoms with Crippen LogP contribution in [-0.4, -0.2) is 53.2 Å². The molecule has 3 aliphatic rings. The van der Waals surface area contributed by atoms with Crippen LogP contribution in [0.5, 0.6) is 17.2 Å². The molecule has 1 aliphatic carbocycles. The molecule has 48 heavy (non-hydrogen) atoms. The van der Waals surface area contributed by atoms with Gasteiger partial charge in [0, 0.05) is 17.0 Å². The predicted octanol–water partition coefficient (Wildman–Crippen LogP) is 7.38. The maximum atomic E-state index is 13.9. The van der Waals surface area contributed by atoms with Crippen LogP contribution >= 0.6 is 33.9 Å². The summed E-state index contributed by atoms with van der Waals surface area (Å²) in [7, 11) is 1.54. The number of hydrogen-bond donors (Lipinski definition) is 1. The molecule has 0 unspecified atom stereocenters. The van der Waals surface area contributed by atoms with Gasteiger partial charge in [-0.25, -0.2) is 0 Å². The van der Waals surface area contributed by atoms with Gasteiger partial charge in [-0.15, -0.1) is 11.3 Å². The summed E-state index contributed by atoms with van der Waals surface area (Å²) in [6.07, 6.45) is 5.40. The van der Waals surface area contributed by atoms with Crippen LogP contribution in [0.3, 0.4) is 0 Å². The van der Waals surface area contributed by atoms with Crippen molar-refractivity contribution >= 4 is 57.4 Å². The molecule has 4 aromatic rings. The Bertz CT molecular complexity index is 1860. The molecule has 0 spiro atoms. The van der Waals surface area contributed by atoms with Gasteiger partial charge < -0.3 is 19.3 Å². The summed E-state index contributed by atoms with van der Waals surface area (Å²) in [5.41, 5.74) is 4.90. The van der Waals surface area contributed by atoms with E-state index in [1.807, 2.05) is 78.2 Å². The molecule has 2 aromatic heterocycles. The van der Waals surface area contributed by atoms with Gasteiger partial charge in [-0.1, -0.05) is 30.3 Å². The van der Waals surface area contributed by atoms with Gasteiger partial charge >= 0.3 is 0 Å². The first-order chi connectivity index (χ1) is 23.4. The van der Waals surface area contributed by atoms with Crippen LogP contribution in [0.2, 0.25) is 0 Å². The summed E-state index contributed by atoms with van der Waals surface area (Å²) >= 11 is 3.66. The molecule has 7 rings (SSSR count). The maximum absolute atomic E-state index is 13.9. The molecule has 10 heteroatoms. The summed E-state index contributed by atoms with van der Waals surface area (Å²) in [5, 5.41) is 12.4. The lowest BCUT2D eigenvalue weighted by Gasteiger charge is -2.31. The Kier molecular flexibility index (Phi) is 9.65. The second kappa shape index (κ2) is 14.2. The minimum Gasteiger partial charge on any atom is -0.504 e. The molecule has 2 saturated heterocycles. The quantitative estimate of drug-likeness (QED) is 0.0966. The highest BCUT2D eigenvalue weighted by atomic mass is 127. The molecule has 4 atom stereocenters. The first kappa shape index (κ1) is 32.5. The van der Waals surface area contributed by atoms with Gasteiger partial charge in [-0.05, 0) is 118 Å². The lowest BCUT2D eigenvalue weighted by molar-refractivity contribution is -0.140. The van der Waals surface area contributed by atoms with E-state index in [0.717, 1.165) is 38.6 Å². The number of phenols is 1. The molecule has 2 aliphatic heterocycles. The number of thiophene rings is 1. The van der Waals surface area contributed by atoms with Gasteiger partial charge in [-0.2, -0.15) is 0 Å². The van der Waals surface area contributed by atoms with E-state index in [4.69, 9.17) is 14.2 Å². The summed E-state index contributed by atoms with van der Waals surface area (Å²) in [5.74, 6) is 0.0427. The minimum atomic E-state index is -0.435. The number of ether oxygens (including phenoxy) is 3. The summed E-state index contributed by atoms with van der Waals surface area (Å²) < 4.78 is 18.9. The summed E-state index contributed by atoms with van der Waals surface area (Å²) in [4.78, 5) is 34.8.